The molecule has 1 heterocycles. The first kappa shape index (κ1) is 14.2. The lowest BCUT2D eigenvalue weighted by Gasteiger charge is -2.37. The largest absolute Gasteiger partial charge is 0.464 e. The van der Waals surface area contributed by atoms with E-state index < -0.39 is 0 Å². The Morgan fingerprint density at radius 2 is 2.14 bits per heavy atom. The van der Waals surface area contributed by atoms with Crippen molar-refractivity contribution in [1.82, 2.24) is 4.90 Å². The summed E-state index contributed by atoms with van der Waals surface area (Å²) < 4.78 is 5.28. The van der Waals surface area contributed by atoms with E-state index in [4.69, 9.17) is 4.74 Å². The lowest BCUT2D eigenvalue weighted by molar-refractivity contribution is -0.149. The number of likely N-dealkylation sites (tertiary alicyclic amines) is 1. The number of rotatable bonds is 3. The van der Waals surface area contributed by atoms with Crippen molar-refractivity contribution in [2.45, 2.75) is 45.1 Å². The van der Waals surface area contributed by atoms with Crippen LogP contribution in [0.25, 0.3) is 5.70 Å². The van der Waals surface area contributed by atoms with Gasteiger partial charge in [0.2, 0.25) is 0 Å². The first-order chi connectivity index (χ1) is 10.2. The molecule has 0 bridgehead atoms. The minimum absolute atomic E-state index is 0.0739. The minimum atomic E-state index is -0.122. The first-order valence-corrected chi connectivity index (χ1v) is 7.96. The van der Waals surface area contributed by atoms with E-state index in [1.807, 2.05) is 6.92 Å². The molecule has 3 heteroatoms. The molecule has 3 rings (SSSR count). The third kappa shape index (κ3) is 2.57. The Labute approximate surface area is 126 Å². The Morgan fingerprint density at radius 3 is 2.95 bits per heavy atom. The standard InChI is InChI=1S/C18H23NO2/c1-3-21-18(20)16-10-6-7-11-19(16)17-12-13(2)14-8-4-5-9-15(14)17/h4-5,8-9,12-13,16H,3,6-7,10-11H2,1-2H3/t13-,16?/m0/s1. The highest BCUT2D eigenvalue weighted by molar-refractivity contribution is 5.81. The van der Waals surface area contributed by atoms with Gasteiger partial charge >= 0.3 is 5.97 Å². The van der Waals surface area contributed by atoms with E-state index in [0.717, 1.165) is 25.8 Å². The van der Waals surface area contributed by atoms with Gasteiger partial charge in [-0.1, -0.05) is 37.3 Å². The molecule has 0 aromatic heterocycles. The highest BCUT2D eigenvalue weighted by atomic mass is 16.5. The monoisotopic (exact) mass is 285 g/mol. The van der Waals surface area contributed by atoms with Gasteiger partial charge in [0.1, 0.15) is 6.04 Å². The van der Waals surface area contributed by atoms with Crippen LogP contribution in [0.2, 0.25) is 0 Å². The summed E-state index contributed by atoms with van der Waals surface area (Å²) in [5.74, 6) is 0.344. The molecule has 0 radical (unpaired) electrons. The zero-order valence-electron chi connectivity index (χ0n) is 12.8. The molecule has 2 atom stereocenters. The smallest absolute Gasteiger partial charge is 0.328 e. The van der Waals surface area contributed by atoms with Crippen LogP contribution in [0.5, 0.6) is 0 Å². The summed E-state index contributed by atoms with van der Waals surface area (Å²) in [5.41, 5.74) is 3.86. The van der Waals surface area contributed by atoms with Crippen LogP contribution in [-0.4, -0.2) is 30.1 Å². The van der Waals surface area contributed by atoms with Crippen molar-refractivity contribution in [3.63, 3.8) is 0 Å². The average Bonchev–Trinajstić information content (AvgIpc) is 2.85. The van der Waals surface area contributed by atoms with Crippen LogP contribution in [0.4, 0.5) is 0 Å². The van der Waals surface area contributed by atoms with Crippen molar-refractivity contribution in [3.8, 4) is 0 Å². The maximum absolute atomic E-state index is 12.3. The summed E-state index contributed by atoms with van der Waals surface area (Å²) in [5, 5.41) is 0. The van der Waals surface area contributed by atoms with Gasteiger partial charge in [0.15, 0.2) is 0 Å². The van der Waals surface area contributed by atoms with Crippen LogP contribution >= 0.6 is 0 Å². The second-order valence-electron chi connectivity index (χ2n) is 5.88. The Morgan fingerprint density at radius 1 is 1.33 bits per heavy atom. The predicted molar refractivity (Wildman–Crippen MR) is 83.8 cm³/mol. The molecule has 3 nitrogen and oxygen atoms in total. The molecule has 1 fully saturated rings. The van der Waals surface area contributed by atoms with Crippen molar-refractivity contribution in [3.05, 3.63) is 41.5 Å². The number of piperidine rings is 1. The van der Waals surface area contributed by atoms with Gasteiger partial charge in [-0.2, -0.15) is 0 Å². The van der Waals surface area contributed by atoms with Gasteiger partial charge in [-0.15, -0.1) is 0 Å². The lowest BCUT2D eigenvalue weighted by atomic mass is 9.99. The molecular formula is C18H23NO2. The van der Waals surface area contributed by atoms with Gasteiger partial charge in [0.25, 0.3) is 0 Å². The van der Waals surface area contributed by atoms with E-state index >= 15 is 0 Å². The van der Waals surface area contributed by atoms with Crippen LogP contribution in [0, 0.1) is 0 Å². The van der Waals surface area contributed by atoms with Crippen LogP contribution in [-0.2, 0) is 9.53 Å². The molecule has 0 saturated carbocycles. The molecule has 21 heavy (non-hydrogen) atoms. The van der Waals surface area contributed by atoms with Crippen LogP contribution in [0.15, 0.2) is 30.3 Å². The zero-order chi connectivity index (χ0) is 14.8. The Kier molecular flexibility index (Phi) is 4.00. The normalized spacial score (nSPS) is 24.5. The van der Waals surface area contributed by atoms with E-state index in [1.54, 1.807) is 0 Å². The number of benzene rings is 1. The maximum atomic E-state index is 12.3. The van der Waals surface area contributed by atoms with Crippen molar-refractivity contribution in [2.24, 2.45) is 0 Å². The number of carbonyl (C=O) groups is 1. The minimum Gasteiger partial charge on any atom is -0.464 e. The number of allylic oxidation sites excluding steroid dienone is 1. The highest BCUT2D eigenvalue weighted by Gasteiger charge is 2.34. The lowest BCUT2D eigenvalue weighted by Crippen LogP contribution is -2.44. The summed E-state index contributed by atoms with van der Waals surface area (Å²) in [7, 11) is 0. The van der Waals surface area contributed by atoms with E-state index in [-0.39, 0.29) is 12.0 Å². The molecule has 112 valence electrons. The summed E-state index contributed by atoms with van der Waals surface area (Å²) in [6, 6.07) is 8.40. The highest BCUT2D eigenvalue weighted by Crippen LogP contribution is 2.39. The fourth-order valence-corrected chi connectivity index (χ4v) is 3.50. The van der Waals surface area contributed by atoms with E-state index in [2.05, 4.69) is 42.2 Å². The number of esters is 1. The van der Waals surface area contributed by atoms with E-state index in [0.29, 0.717) is 12.5 Å². The molecular weight excluding hydrogens is 262 g/mol. The molecule has 0 spiro atoms. The summed E-state index contributed by atoms with van der Waals surface area (Å²) in [6.07, 6.45) is 5.43. The fourth-order valence-electron chi connectivity index (χ4n) is 3.50. The van der Waals surface area contributed by atoms with Crippen LogP contribution < -0.4 is 0 Å². The number of hydrogen-bond acceptors (Lipinski definition) is 3. The van der Waals surface area contributed by atoms with Gasteiger partial charge in [-0.25, -0.2) is 4.79 Å². The zero-order valence-corrected chi connectivity index (χ0v) is 12.8. The average molecular weight is 285 g/mol. The SMILES string of the molecule is CCOC(=O)C1CCCCN1C1=C[C@H](C)c2ccccc21. The molecule has 1 aromatic carbocycles. The molecule has 0 N–H and O–H groups in total. The summed E-state index contributed by atoms with van der Waals surface area (Å²) >= 11 is 0. The van der Waals surface area contributed by atoms with Gasteiger partial charge in [0.05, 0.1) is 6.61 Å². The second-order valence-corrected chi connectivity index (χ2v) is 5.88. The fraction of sp³-hybridized carbons (Fsp3) is 0.500. The molecule has 1 saturated heterocycles. The molecule has 1 aliphatic heterocycles. The van der Waals surface area contributed by atoms with E-state index in [9.17, 15) is 4.79 Å². The Bertz CT molecular complexity index is 564. The molecule has 2 aliphatic rings. The molecule has 0 amide bonds. The number of fused-ring (bicyclic) bond motifs is 1. The molecule has 1 unspecified atom stereocenters. The van der Waals surface area contributed by atoms with Crippen molar-refractivity contribution in [2.75, 3.05) is 13.2 Å². The summed E-state index contributed by atoms with van der Waals surface area (Å²) in [4.78, 5) is 14.5. The van der Waals surface area contributed by atoms with E-state index in [1.165, 1.54) is 16.8 Å². The van der Waals surface area contributed by atoms with Crippen LogP contribution in [0.1, 0.15) is 50.2 Å². The second kappa shape index (κ2) is 5.92. The maximum Gasteiger partial charge on any atom is 0.328 e. The number of hydrogen-bond donors (Lipinski definition) is 0. The summed E-state index contributed by atoms with van der Waals surface area (Å²) in [6.45, 7) is 5.48. The van der Waals surface area contributed by atoms with Crippen molar-refractivity contribution >= 4 is 11.7 Å². The van der Waals surface area contributed by atoms with Crippen molar-refractivity contribution in [1.29, 1.82) is 0 Å². The van der Waals surface area contributed by atoms with Gasteiger partial charge in [-0.3, -0.25) is 0 Å². The third-order valence-corrected chi connectivity index (χ3v) is 4.51. The quantitative estimate of drug-likeness (QED) is 0.795. The Balaban J connectivity index is 1.91. The first-order valence-electron chi connectivity index (χ1n) is 7.96. The number of ether oxygens (including phenoxy) is 1. The van der Waals surface area contributed by atoms with Gasteiger partial charge in [0, 0.05) is 23.7 Å². The molecule has 1 aliphatic carbocycles. The molecule has 1 aromatic rings. The topological polar surface area (TPSA) is 29.5 Å². The van der Waals surface area contributed by atoms with Gasteiger partial charge in [-0.05, 0) is 31.7 Å². The van der Waals surface area contributed by atoms with Crippen molar-refractivity contribution < 1.29 is 9.53 Å². The number of nitrogens with zero attached hydrogens (tertiary/aromatic N) is 1. The predicted octanol–water partition coefficient (Wildman–Crippen LogP) is 3.56. The van der Waals surface area contributed by atoms with Gasteiger partial charge < -0.3 is 9.64 Å². The number of carbonyl (C=O) groups excluding carboxylic acids is 1. The van der Waals surface area contributed by atoms with Crippen LogP contribution in [0.3, 0.4) is 0 Å². The Hall–Kier alpha value is -1.77. The third-order valence-electron chi connectivity index (χ3n) is 4.51.